The Kier molecular flexibility index (Phi) is 33.7. The summed E-state index contributed by atoms with van der Waals surface area (Å²) in [5, 5.41) is 14.9. The van der Waals surface area contributed by atoms with Crippen LogP contribution >= 0.6 is 21.8 Å². The van der Waals surface area contributed by atoms with Gasteiger partial charge in [-0.15, -0.1) is 114 Å². The van der Waals surface area contributed by atoms with E-state index in [0.29, 0.717) is 0 Å². The second-order valence-corrected chi connectivity index (χ2v) is 59.7. The van der Waals surface area contributed by atoms with Crippen LogP contribution in [0.3, 0.4) is 0 Å². The van der Waals surface area contributed by atoms with Crippen LogP contribution < -0.4 is 36.9 Å². The van der Waals surface area contributed by atoms with E-state index in [-0.39, 0.29) is 128 Å². The molecular weight excluding hydrogens is 2400 g/mol. The fraction of sp³-hybridized carbons (Fsp3) is 0.154. The summed E-state index contributed by atoms with van der Waals surface area (Å²) in [6, 6.07) is 86.6. The van der Waals surface area contributed by atoms with E-state index < -0.39 is 54.1 Å². The number of phenols is 1. The molecular formula is C78H78AsIr3N6OP3Pt2RhSb-3. The van der Waals surface area contributed by atoms with Crippen LogP contribution in [0.25, 0.3) is 67.5 Å². The van der Waals surface area contributed by atoms with Crippen molar-refractivity contribution in [1.82, 2.24) is 29.9 Å². The fourth-order valence-corrected chi connectivity index (χ4v) is 30.4. The molecule has 0 amide bonds. The summed E-state index contributed by atoms with van der Waals surface area (Å²) < 4.78 is 6.07. The van der Waals surface area contributed by atoms with E-state index in [1.807, 2.05) is 122 Å². The zero-order valence-corrected chi connectivity index (χ0v) is 76.5. The molecule has 6 aromatic heterocycles. The number of rotatable bonds is 5. The molecule has 18 heteroatoms. The molecule has 0 atom stereocenters. The summed E-state index contributed by atoms with van der Waals surface area (Å²) >= 11 is -4.28. The molecule has 6 aromatic carbocycles. The molecule has 3 aliphatic heterocycles. The molecule has 4 radical (unpaired) electrons. The van der Waals surface area contributed by atoms with Gasteiger partial charge in [-0.2, -0.15) is 0 Å². The first-order valence-corrected chi connectivity index (χ1v) is 53.8. The van der Waals surface area contributed by atoms with Crippen LogP contribution in [0, 0.1) is 36.4 Å². The molecule has 0 aliphatic carbocycles. The Hall–Kier alpha value is -3.37. The number of hydrogen-bond acceptors (Lipinski definition) is 7. The minimum atomic E-state index is -2.26. The number of aromatic nitrogens is 6. The average molecular weight is 2470 g/mol. The summed E-state index contributed by atoms with van der Waals surface area (Å²) in [7, 11) is -3.09. The first-order chi connectivity index (χ1) is 43.1. The van der Waals surface area contributed by atoms with Crippen LogP contribution in [0.1, 0.15) is 0 Å². The van der Waals surface area contributed by atoms with Gasteiger partial charge in [-0.1, -0.05) is 42.0 Å². The van der Waals surface area contributed by atoms with Crippen LogP contribution in [0.5, 0.6) is 5.75 Å². The predicted octanol–water partition coefficient (Wildman–Crippen LogP) is 13.3. The maximum Gasteiger partial charge on any atom is 0 e. The summed E-state index contributed by atoms with van der Waals surface area (Å²) in [5.41, 5.74) is 17.9. The third kappa shape index (κ3) is 20.5. The molecule has 12 aromatic rings. The summed E-state index contributed by atoms with van der Waals surface area (Å²) in [6.45, 7) is 18.7. The van der Waals surface area contributed by atoms with Crippen LogP contribution in [-0.4, -0.2) is 121 Å². The Bertz CT molecular complexity index is 3970. The SMILES string of the molecule is C[AsH]1(C)c2ccc[c-]c2-c2ncccc21.C[P+](C)(C)c1cc[c-]c(-c2ccccn2)c1.C[P+](C)(C)c1cc[c-]c(-c2ccccn2)c1.C[P+]1(C)c2ccc[c-]c2-c2ncccc21.Oc1cc[c-]c(-c2ccccn2)c1.[CH3][SbH]1([CH3])[c]2ccc[c-]c2-c2nccc[c]21.[Ir].[Ir].[Ir].[Pt].[Pt].[Rh]. The van der Waals surface area contributed by atoms with E-state index in [1.165, 1.54) is 61.5 Å². The minimum Gasteiger partial charge on any atom is 0 e. The van der Waals surface area contributed by atoms with Gasteiger partial charge in [0, 0.05) is 209 Å². The van der Waals surface area contributed by atoms with E-state index in [9.17, 15) is 5.11 Å². The van der Waals surface area contributed by atoms with Crippen molar-refractivity contribution in [3.63, 3.8) is 0 Å². The van der Waals surface area contributed by atoms with Crippen LogP contribution in [0.15, 0.2) is 237 Å². The Morgan fingerprint density at radius 2 is 0.802 bits per heavy atom. The quantitative estimate of drug-likeness (QED) is 0.104. The molecule has 510 valence electrons. The Morgan fingerprint density at radius 1 is 0.396 bits per heavy atom. The van der Waals surface area contributed by atoms with Gasteiger partial charge in [0.25, 0.3) is 0 Å². The van der Waals surface area contributed by atoms with Gasteiger partial charge in [0.2, 0.25) is 0 Å². The third-order valence-electron chi connectivity index (χ3n) is 16.3. The van der Waals surface area contributed by atoms with Gasteiger partial charge in [-0.05, 0) is 47.4 Å². The van der Waals surface area contributed by atoms with Crippen molar-refractivity contribution in [2.75, 3.05) is 53.3 Å². The van der Waals surface area contributed by atoms with Crippen LogP contribution in [0.4, 0.5) is 0 Å². The predicted molar refractivity (Wildman–Crippen MR) is 396 cm³/mol. The van der Waals surface area contributed by atoms with Crippen molar-refractivity contribution in [1.29, 1.82) is 0 Å². The van der Waals surface area contributed by atoms with E-state index >= 15 is 0 Å². The van der Waals surface area contributed by atoms with E-state index in [0.717, 1.165) is 39.5 Å². The topological polar surface area (TPSA) is 97.6 Å². The molecule has 15 rings (SSSR count). The summed E-state index contributed by atoms with van der Waals surface area (Å²) in [6.07, 6.45) is 11.0. The van der Waals surface area contributed by atoms with Gasteiger partial charge < -0.3 is 25.0 Å². The van der Waals surface area contributed by atoms with E-state index in [1.54, 1.807) is 27.9 Å². The average Bonchev–Trinajstić information content (AvgIpc) is 1.61. The van der Waals surface area contributed by atoms with Crippen molar-refractivity contribution < 1.29 is 127 Å². The maximum absolute atomic E-state index is 9.23. The van der Waals surface area contributed by atoms with E-state index in [4.69, 9.17) is 0 Å². The summed E-state index contributed by atoms with van der Waals surface area (Å²) in [4.78, 5) is 31.3. The first-order valence-electron chi connectivity index (χ1n) is 30.0. The number of fused-ring (bicyclic) bond motifs is 9. The molecule has 0 bridgehead atoms. The molecule has 96 heavy (non-hydrogen) atoms. The molecule has 0 unspecified atom stereocenters. The number of nitrogens with zero attached hydrogens (tertiary/aromatic N) is 6. The largest absolute Gasteiger partial charge is 0 e. The molecule has 0 saturated carbocycles. The number of pyridine rings is 6. The second kappa shape index (κ2) is 38.1. The zero-order valence-electron chi connectivity index (χ0n) is 55.5. The monoisotopic (exact) mass is 2480 g/mol. The van der Waals surface area contributed by atoms with Crippen LogP contribution in [0.2, 0.25) is 21.2 Å². The number of phenolic OH excluding ortho intramolecular Hbond substituents is 1. The second-order valence-electron chi connectivity index (χ2n) is 25.3. The maximum atomic E-state index is 9.23. The molecule has 1 N–H and O–H groups in total. The normalized spacial score (nSPS) is 13.2. The first kappa shape index (κ1) is 85.0. The number of benzene rings is 6. The van der Waals surface area contributed by atoms with Crippen molar-refractivity contribution in [3.8, 4) is 73.3 Å². The molecule has 0 spiro atoms. The number of hydrogen-bond donors (Lipinski definition) is 1. The van der Waals surface area contributed by atoms with Gasteiger partial charge in [0.1, 0.15) is 0 Å². The standard InChI is InChI=1S/2C14H16NP.C13H13AsN.C13H12NP.C11H8NO.C11H6N.2CH3.3Ir.2Pt.Rh.Sb.H/c2*1-16(2,3)13-8-6-7-12(11-13)14-9-4-5-10-15-14;1-14(2)11-7-4-3-6-10(11)13-12(14)8-5-9-15-13;1-15(2)11-7-4-3-6-10(11)13-12(15)8-5-9-14-13;13-10-5-3-4-9(8-10)11-6-1-2-7-12-11;1-2-6-10(7-3-1)11-8-4-5-9-12-11;;;;;;;;;;/h2*4-6,8-11H,1-3H3;3-5,7-9,14H,1-2H3;3-5,7-9H,1-2H3;1-3,5-8,13H;1-5,9H;2*1H3;;;;;;;;/q;;-1;;2*-1;;;;;;;;;;. The Labute approximate surface area is 661 Å². The molecule has 3 aliphatic rings. The van der Waals surface area contributed by atoms with Crippen molar-refractivity contribution >= 4 is 91.1 Å². The number of aromatic hydroxyl groups is 1. The van der Waals surface area contributed by atoms with Crippen molar-refractivity contribution in [2.45, 2.75) is 21.2 Å². The van der Waals surface area contributed by atoms with Crippen molar-refractivity contribution in [3.05, 3.63) is 274 Å². The summed E-state index contributed by atoms with van der Waals surface area (Å²) in [5.74, 6) is 0.236. The van der Waals surface area contributed by atoms with Gasteiger partial charge in [-0.3, -0.25) is 0 Å². The molecule has 0 saturated heterocycles. The molecule has 7 nitrogen and oxygen atoms in total. The molecule has 9 heterocycles. The molecule has 0 fully saturated rings. The van der Waals surface area contributed by atoms with Gasteiger partial charge in [-0.25, -0.2) is 0 Å². The smallest absolute Gasteiger partial charge is 0 e. The minimum absolute atomic E-state index is 0. The third-order valence-corrected chi connectivity index (χ3v) is 40.5. The van der Waals surface area contributed by atoms with Crippen molar-refractivity contribution in [2.24, 2.45) is 0 Å². The van der Waals surface area contributed by atoms with Gasteiger partial charge in [0.15, 0.2) is 0 Å². The zero-order chi connectivity index (χ0) is 63.7. The van der Waals surface area contributed by atoms with Gasteiger partial charge in [0.05, 0.1) is 45.3 Å². The van der Waals surface area contributed by atoms with Crippen LogP contribution in [-0.2, 0) is 122 Å². The Morgan fingerprint density at radius 3 is 1.31 bits per heavy atom. The van der Waals surface area contributed by atoms with Gasteiger partial charge >= 0.3 is 187 Å². The fourth-order valence-electron chi connectivity index (χ4n) is 11.3. The van der Waals surface area contributed by atoms with E-state index in [2.05, 4.69) is 232 Å². The Balaban J connectivity index is 0.000000242.